The van der Waals surface area contributed by atoms with Gasteiger partial charge < -0.3 is 15.6 Å². The van der Waals surface area contributed by atoms with Crippen LogP contribution in [-0.2, 0) is 0 Å². The van der Waals surface area contributed by atoms with Crippen LogP contribution in [0, 0.1) is 6.92 Å². The summed E-state index contributed by atoms with van der Waals surface area (Å²) in [6, 6.07) is 6.07. The Balaban J connectivity index is 2.92. The largest absolute Gasteiger partial charge is 0.486 e. The van der Waals surface area contributed by atoms with Crippen molar-refractivity contribution in [1.82, 2.24) is 0 Å². The minimum Gasteiger partial charge on any atom is -0.486 e. The Morgan fingerprint density at radius 2 is 2.00 bits per heavy atom. The van der Waals surface area contributed by atoms with Crippen LogP contribution in [0.15, 0.2) is 18.2 Å². The predicted octanol–water partition coefficient (Wildman–Crippen LogP) is 2.99. The Morgan fingerprint density at radius 1 is 1.32 bits per heavy atom. The van der Waals surface area contributed by atoms with Gasteiger partial charge >= 0.3 is 0 Å². The van der Waals surface area contributed by atoms with Crippen LogP contribution in [0.1, 0.15) is 50.7 Å². The van der Waals surface area contributed by atoms with Gasteiger partial charge in [-0.1, -0.05) is 39.3 Å². The fourth-order valence-corrected chi connectivity index (χ4v) is 2.16. The lowest BCUT2D eigenvalue weighted by molar-refractivity contribution is 0.0905. The Kier molecular flexibility index (Phi) is 6.32. The molecule has 2 atom stereocenters. The van der Waals surface area contributed by atoms with E-state index in [-0.39, 0.29) is 18.8 Å². The molecule has 0 radical (unpaired) electrons. The second-order valence-electron chi connectivity index (χ2n) is 5.49. The number of aliphatic hydroxyl groups is 1. The summed E-state index contributed by atoms with van der Waals surface area (Å²) in [5.41, 5.74) is 8.38. The molecule has 0 bridgehead atoms. The highest BCUT2D eigenvalue weighted by molar-refractivity contribution is 5.39. The first-order valence-electron chi connectivity index (χ1n) is 7.13. The van der Waals surface area contributed by atoms with E-state index in [4.69, 9.17) is 10.5 Å². The Hall–Kier alpha value is -1.06. The lowest BCUT2D eigenvalue weighted by Gasteiger charge is -2.25. The molecule has 3 N–H and O–H groups in total. The summed E-state index contributed by atoms with van der Waals surface area (Å²) < 4.78 is 5.98. The van der Waals surface area contributed by atoms with Crippen molar-refractivity contribution < 1.29 is 9.84 Å². The van der Waals surface area contributed by atoms with E-state index in [2.05, 4.69) is 32.9 Å². The van der Waals surface area contributed by atoms with E-state index in [0.717, 1.165) is 29.7 Å². The zero-order valence-corrected chi connectivity index (χ0v) is 12.5. The maximum absolute atomic E-state index is 9.48. The van der Waals surface area contributed by atoms with Crippen molar-refractivity contribution in [2.24, 2.45) is 5.73 Å². The van der Waals surface area contributed by atoms with Gasteiger partial charge in [0.2, 0.25) is 0 Å². The molecule has 1 aromatic rings. The molecule has 0 saturated heterocycles. The van der Waals surface area contributed by atoms with Crippen molar-refractivity contribution in [1.29, 1.82) is 0 Å². The smallest absolute Gasteiger partial charge is 0.137 e. The number of aliphatic hydroxyl groups excluding tert-OH is 1. The third-order valence-electron chi connectivity index (χ3n) is 3.35. The quantitative estimate of drug-likeness (QED) is 0.797. The van der Waals surface area contributed by atoms with Crippen molar-refractivity contribution in [2.45, 2.75) is 58.6 Å². The Morgan fingerprint density at radius 3 is 2.53 bits per heavy atom. The topological polar surface area (TPSA) is 55.5 Å². The summed E-state index contributed by atoms with van der Waals surface area (Å²) in [5.74, 6) is 1.23. The molecule has 1 aromatic carbocycles. The Bertz CT molecular complexity index is 390. The molecule has 0 saturated carbocycles. The van der Waals surface area contributed by atoms with E-state index in [1.807, 2.05) is 13.0 Å². The fraction of sp³-hybridized carbons (Fsp3) is 0.625. The van der Waals surface area contributed by atoms with Crippen molar-refractivity contribution >= 4 is 0 Å². The van der Waals surface area contributed by atoms with Crippen molar-refractivity contribution in [2.75, 3.05) is 6.61 Å². The summed E-state index contributed by atoms with van der Waals surface area (Å²) in [5, 5.41) is 9.48. The minimum atomic E-state index is -0.334. The van der Waals surface area contributed by atoms with Gasteiger partial charge in [-0.05, 0) is 36.5 Å². The van der Waals surface area contributed by atoms with Crippen molar-refractivity contribution in [3.63, 3.8) is 0 Å². The number of ether oxygens (including phenoxy) is 1. The third-order valence-corrected chi connectivity index (χ3v) is 3.35. The summed E-state index contributed by atoms with van der Waals surface area (Å²) >= 11 is 0. The molecule has 19 heavy (non-hydrogen) atoms. The summed E-state index contributed by atoms with van der Waals surface area (Å²) in [6.45, 7) is 8.35. The van der Waals surface area contributed by atoms with E-state index < -0.39 is 0 Å². The van der Waals surface area contributed by atoms with Crippen LogP contribution in [0.4, 0.5) is 0 Å². The van der Waals surface area contributed by atoms with Crippen LogP contribution in [0.5, 0.6) is 5.75 Å². The highest BCUT2D eigenvalue weighted by atomic mass is 16.5. The van der Waals surface area contributed by atoms with Crippen LogP contribution < -0.4 is 10.5 Å². The molecule has 0 heterocycles. The van der Waals surface area contributed by atoms with E-state index in [0.29, 0.717) is 5.92 Å². The van der Waals surface area contributed by atoms with E-state index in [1.54, 1.807) is 0 Å². The van der Waals surface area contributed by atoms with Crippen LogP contribution in [0.25, 0.3) is 0 Å². The minimum absolute atomic E-state index is 0.0490. The number of hydrogen-bond acceptors (Lipinski definition) is 3. The van der Waals surface area contributed by atoms with Crippen molar-refractivity contribution in [3.05, 3.63) is 29.3 Å². The molecule has 3 nitrogen and oxygen atoms in total. The van der Waals surface area contributed by atoms with Crippen molar-refractivity contribution in [3.8, 4) is 5.75 Å². The zero-order valence-electron chi connectivity index (χ0n) is 12.5. The third kappa shape index (κ3) is 4.51. The van der Waals surface area contributed by atoms with Gasteiger partial charge in [-0.25, -0.2) is 0 Å². The maximum Gasteiger partial charge on any atom is 0.137 e. The lowest BCUT2D eigenvalue weighted by Crippen LogP contribution is -2.41. The number of aryl methyl sites for hydroxylation is 1. The summed E-state index contributed by atoms with van der Waals surface area (Å²) in [4.78, 5) is 0. The predicted molar refractivity (Wildman–Crippen MR) is 79.7 cm³/mol. The monoisotopic (exact) mass is 265 g/mol. The highest BCUT2D eigenvalue weighted by Gasteiger charge is 2.20. The SMILES string of the molecule is CCCC(N)C(CO)Oc1cc(C)ccc1C(C)C. The van der Waals surface area contributed by atoms with Gasteiger partial charge in [0.1, 0.15) is 11.9 Å². The molecule has 0 aliphatic rings. The van der Waals surface area contributed by atoms with Crippen LogP contribution in [-0.4, -0.2) is 23.9 Å². The van der Waals surface area contributed by atoms with Gasteiger partial charge in [-0.2, -0.15) is 0 Å². The molecule has 0 aromatic heterocycles. The molecule has 0 amide bonds. The molecule has 3 heteroatoms. The lowest BCUT2D eigenvalue weighted by atomic mass is 10.00. The average Bonchev–Trinajstić information content (AvgIpc) is 2.35. The number of benzene rings is 1. The molecule has 0 fully saturated rings. The second-order valence-corrected chi connectivity index (χ2v) is 5.49. The molecular formula is C16H27NO2. The van der Waals surface area contributed by atoms with Crippen LogP contribution in [0.2, 0.25) is 0 Å². The van der Waals surface area contributed by atoms with Gasteiger partial charge in [0, 0.05) is 6.04 Å². The standard InChI is InChI=1S/C16H27NO2/c1-5-6-14(17)16(10-18)19-15-9-12(4)7-8-13(15)11(2)3/h7-9,11,14,16,18H,5-6,10,17H2,1-4H3. The van der Waals surface area contributed by atoms with Gasteiger partial charge in [0.15, 0.2) is 0 Å². The summed E-state index contributed by atoms with van der Waals surface area (Å²) in [7, 11) is 0. The molecule has 108 valence electrons. The van der Waals surface area contributed by atoms with Gasteiger partial charge in [0.25, 0.3) is 0 Å². The molecule has 1 rings (SSSR count). The van der Waals surface area contributed by atoms with Crippen LogP contribution >= 0.6 is 0 Å². The van der Waals surface area contributed by atoms with Crippen LogP contribution in [0.3, 0.4) is 0 Å². The fourth-order valence-electron chi connectivity index (χ4n) is 2.16. The summed E-state index contributed by atoms with van der Waals surface area (Å²) in [6.07, 6.45) is 1.51. The Labute approximate surface area is 116 Å². The first kappa shape index (κ1) is 16.0. The average molecular weight is 265 g/mol. The first-order valence-corrected chi connectivity index (χ1v) is 7.13. The first-order chi connectivity index (χ1) is 8.99. The molecule has 0 aliphatic heterocycles. The number of rotatable bonds is 7. The van der Waals surface area contributed by atoms with E-state index in [1.165, 1.54) is 0 Å². The molecular weight excluding hydrogens is 238 g/mol. The van der Waals surface area contributed by atoms with E-state index in [9.17, 15) is 5.11 Å². The van der Waals surface area contributed by atoms with Gasteiger partial charge in [0.05, 0.1) is 6.61 Å². The van der Waals surface area contributed by atoms with E-state index >= 15 is 0 Å². The molecule has 0 aliphatic carbocycles. The maximum atomic E-state index is 9.48. The molecule has 2 unspecified atom stereocenters. The number of hydrogen-bond donors (Lipinski definition) is 2. The number of nitrogens with two attached hydrogens (primary N) is 1. The molecule has 0 spiro atoms. The second kappa shape index (κ2) is 7.51. The normalized spacial score (nSPS) is 14.5. The highest BCUT2D eigenvalue weighted by Crippen LogP contribution is 2.28. The zero-order chi connectivity index (χ0) is 14.4. The van der Waals surface area contributed by atoms with Gasteiger partial charge in [-0.15, -0.1) is 0 Å². The van der Waals surface area contributed by atoms with Gasteiger partial charge in [-0.3, -0.25) is 0 Å².